The molecule has 3 aliphatic heterocycles. The molecular formula is C28H28F3N5O4S2. The van der Waals surface area contributed by atoms with Crippen molar-refractivity contribution >= 4 is 38.7 Å². The van der Waals surface area contributed by atoms with Crippen LogP contribution in [-0.2, 0) is 20.8 Å². The summed E-state index contributed by atoms with van der Waals surface area (Å²) in [6.07, 6.45) is -2.02. The number of nitrogens with one attached hydrogen (secondary N) is 1. The van der Waals surface area contributed by atoms with Crippen LogP contribution in [0.25, 0.3) is 10.6 Å². The molecule has 9 nitrogen and oxygen atoms in total. The number of amides is 1. The van der Waals surface area contributed by atoms with E-state index in [4.69, 9.17) is 4.74 Å². The van der Waals surface area contributed by atoms with Gasteiger partial charge in [-0.1, -0.05) is 12.1 Å². The first-order chi connectivity index (χ1) is 20.0. The number of alkyl halides is 3. The second-order valence-corrected chi connectivity index (χ2v) is 14.6. The van der Waals surface area contributed by atoms with E-state index in [2.05, 4.69) is 33.3 Å². The highest BCUT2D eigenvalue weighted by molar-refractivity contribution is 7.91. The molecule has 4 aliphatic rings. The predicted octanol–water partition coefficient (Wildman–Crippen LogP) is 4.50. The van der Waals surface area contributed by atoms with E-state index in [1.165, 1.54) is 10.5 Å². The molecule has 42 heavy (non-hydrogen) atoms. The van der Waals surface area contributed by atoms with Crippen LogP contribution in [0.2, 0.25) is 0 Å². The zero-order chi connectivity index (χ0) is 29.4. The number of carbonyl (C=O) groups is 1. The van der Waals surface area contributed by atoms with Crippen molar-refractivity contribution in [2.24, 2.45) is 0 Å². The van der Waals surface area contributed by atoms with E-state index in [-0.39, 0.29) is 38.9 Å². The molecular weight excluding hydrogens is 591 g/mol. The molecule has 0 spiro atoms. The van der Waals surface area contributed by atoms with Crippen LogP contribution in [0.15, 0.2) is 35.4 Å². The maximum atomic E-state index is 14.1. The lowest BCUT2D eigenvalue weighted by Crippen LogP contribution is -2.52. The second-order valence-electron chi connectivity index (χ2n) is 11.4. The van der Waals surface area contributed by atoms with Gasteiger partial charge >= 0.3 is 6.18 Å². The topological polar surface area (TPSA) is 105 Å². The van der Waals surface area contributed by atoms with Gasteiger partial charge in [0.2, 0.25) is 5.95 Å². The molecule has 0 unspecified atom stereocenters. The van der Waals surface area contributed by atoms with Crippen LogP contribution in [0, 0.1) is 0 Å². The molecule has 7 rings (SSSR count). The smallest absolute Gasteiger partial charge is 0.377 e. The third kappa shape index (κ3) is 4.97. The van der Waals surface area contributed by atoms with Crippen molar-refractivity contribution in [1.29, 1.82) is 0 Å². The lowest BCUT2D eigenvalue weighted by atomic mass is 9.89. The second kappa shape index (κ2) is 10.00. The number of likely N-dealkylation sites (N-methyl/N-ethyl adjacent to an activating group) is 1. The van der Waals surface area contributed by atoms with E-state index in [0.717, 1.165) is 43.2 Å². The first kappa shape index (κ1) is 27.7. The summed E-state index contributed by atoms with van der Waals surface area (Å²) in [5, 5.41) is 3.12. The molecule has 2 aromatic heterocycles. The number of anilines is 2. The van der Waals surface area contributed by atoms with Crippen molar-refractivity contribution in [3.8, 4) is 10.6 Å². The Kier molecular flexibility index (Phi) is 6.60. The monoisotopic (exact) mass is 619 g/mol. The van der Waals surface area contributed by atoms with Crippen LogP contribution in [0.3, 0.4) is 0 Å². The third-order valence-corrected chi connectivity index (χ3v) is 11.3. The fraction of sp³-hybridized carbons (Fsp3) is 0.464. The van der Waals surface area contributed by atoms with E-state index >= 15 is 0 Å². The highest BCUT2D eigenvalue weighted by Crippen LogP contribution is 2.46. The van der Waals surface area contributed by atoms with Gasteiger partial charge in [-0.3, -0.25) is 4.79 Å². The molecule has 222 valence electrons. The number of benzene rings is 1. The number of carbonyl (C=O) groups excluding carboxylic acids is 1. The molecule has 1 aromatic carbocycles. The van der Waals surface area contributed by atoms with Crippen LogP contribution in [0.5, 0.6) is 0 Å². The molecule has 5 heterocycles. The van der Waals surface area contributed by atoms with Gasteiger partial charge in [-0.25, -0.2) is 18.4 Å². The lowest BCUT2D eigenvalue weighted by Gasteiger charge is -2.36. The first-order valence-electron chi connectivity index (χ1n) is 13.8. The molecule has 0 bridgehead atoms. The van der Waals surface area contributed by atoms with E-state index in [1.54, 1.807) is 0 Å². The summed E-state index contributed by atoms with van der Waals surface area (Å²) in [6.45, 7) is 2.55. The van der Waals surface area contributed by atoms with Gasteiger partial charge in [-0.2, -0.15) is 13.2 Å². The van der Waals surface area contributed by atoms with Crippen molar-refractivity contribution in [3.05, 3.63) is 52.0 Å². The van der Waals surface area contributed by atoms with Crippen molar-refractivity contribution in [2.75, 3.05) is 51.0 Å². The Morgan fingerprint density at radius 1 is 1.12 bits per heavy atom. The number of aromatic nitrogens is 2. The zero-order valence-corrected chi connectivity index (χ0v) is 24.3. The van der Waals surface area contributed by atoms with Crippen LogP contribution in [0.4, 0.5) is 24.8 Å². The fourth-order valence-electron chi connectivity index (χ4n) is 5.73. The van der Waals surface area contributed by atoms with Crippen LogP contribution in [0.1, 0.15) is 51.0 Å². The van der Waals surface area contributed by atoms with Crippen molar-refractivity contribution < 1.29 is 31.1 Å². The van der Waals surface area contributed by atoms with Crippen LogP contribution < -0.4 is 5.32 Å². The maximum Gasteiger partial charge on any atom is 0.420 e. The largest absolute Gasteiger partial charge is 0.420 e. The van der Waals surface area contributed by atoms with Gasteiger partial charge in [-0.15, -0.1) is 11.3 Å². The Balaban J connectivity index is 1.27. The molecule has 1 N–H and O–H groups in total. The number of fused-ring (bicyclic) bond motifs is 1. The third-order valence-electron chi connectivity index (χ3n) is 8.35. The quantitative estimate of drug-likeness (QED) is 0.430. The maximum absolute atomic E-state index is 14.1. The van der Waals surface area contributed by atoms with Gasteiger partial charge in [0.05, 0.1) is 40.5 Å². The number of ether oxygens (including phenoxy) is 1. The number of sulfone groups is 1. The van der Waals surface area contributed by atoms with E-state index in [1.807, 2.05) is 12.1 Å². The average Bonchev–Trinajstić information content (AvgIpc) is 3.64. The van der Waals surface area contributed by atoms with Gasteiger partial charge in [0.1, 0.15) is 10.4 Å². The number of halogens is 3. The average molecular weight is 620 g/mol. The Labute approximate surface area is 244 Å². The molecule has 3 fully saturated rings. The van der Waals surface area contributed by atoms with E-state index in [9.17, 15) is 26.4 Å². The molecule has 1 aliphatic carbocycles. The Hall–Kier alpha value is -3.07. The molecule has 1 amide bonds. The summed E-state index contributed by atoms with van der Waals surface area (Å²) in [7, 11) is -1.84. The van der Waals surface area contributed by atoms with E-state index < -0.39 is 33.2 Å². The number of hydrogen-bond donors (Lipinski definition) is 1. The number of likely N-dealkylation sites (tertiary alicyclic amines) is 1. The Morgan fingerprint density at radius 2 is 1.88 bits per heavy atom. The summed E-state index contributed by atoms with van der Waals surface area (Å²) in [4.78, 5) is 24.9. The summed E-state index contributed by atoms with van der Waals surface area (Å²) in [5.41, 5.74) is 1.49. The summed E-state index contributed by atoms with van der Waals surface area (Å²) >= 11 is 0.712. The van der Waals surface area contributed by atoms with E-state index in [0.29, 0.717) is 42.6 Å². The van der Waals surface area contributed by atoms with Gasteiger partial charge in [0, 0.05) is 37.4 Å². The minimum absolute atomic E-state index is 0.000861. The Bertz CT molecular complexity index is 1680. The zero-order valence-electron chi connectivity index (χ0n) is 22.6. The summed E-state index contributed by atoms with van der Waals surface area (Å²) in [5.74, 6) is -0.0628. The molecule has 0 atom stereocenters. The van der Waals surface area contributed by atoms with Crippen LogP contribution in [-0.4, -0.2) is 85.8 Å². The van der Waals surface area contributed by atoms with Gasteiger partial charge in [-0.05, 0) is 49.1 Å². The van der Waals surface area contributed by atoms with Gasteiger partial charge in [0.25, 0.3) is 5.91 Å². The summed E-state index contributed by atoms with van der Waals surface area (Å²) in [6, 6.07) is 7.02. The molecule has 1 saturated carbocycles. The highest BCUT2D eigenvalue weighted by Gasteiger charge is 2.41. The predicted molar refractivity (Wildman–Crippen MR) is 150 cm³/mol. The number of nitrogens with zero attached hydrogens (tertiary/aromatic N) is 4. The minimum Gasteiger partial charge on any atom is -0.377 e. The van der Waals surface area contributed by atoms with Gasteiger partial charge < -0.3 is 19.9 Å². The van der Waals surface area contributed by atoms with Crippen molar-refractivity contribution in [3.63, 3.8) is 0 Å². The highest BCUT2D eigenvalue weighted by atomic mass is 32.2. The molecule has 3 aromatic rings. The fourth-order valence-corrected chi connectivity index (χ4v) is 8.65. The van der Waals surface area contributed by atoms with Gasteiger partial charge in [0.15, 0.2) is 9.84 Å². The van der Waals surface area contributed by atoms with Crippen LogP contribution >= 0.6 is 11.3 Å². The molecule has 14 heteroatoms. The first-order valence-corrected chi connectivity index (χ1v) is 16.2. The standard InChI is InChI=1S/C28H28F3N5O4S2/c1-35-11-17(12-35)16-4-5-21(19(8-16)15-2-3-15)33-27-32-10-20(28(29,30)31)24(34-27)22-9-23-25(41-22)26(37)36(18-13-40-14-18)6-7-42(23,38)39/h4-5,8-10,15,17-18H,2-3,6-7,11-14H2,1H3,(H,32,33,34). The number of thiophene rings is 1. The lowest BCUT2D eigenvalue weighted by molar-refractivity contribution is -0.137. The normalized spacial score (nSPS) is 21.4. The SMILES string of the molecule is CN1CC(c2ccc(Nc3ncc(C(F)(F)F)c(-c4cc5c(s4)C(=O)N(C4COC4)CCS5(=O)=O)n3)c(C3CC3)c2)C1. The Morgan fingerprint density at radius 3 is 2.52 bits per heavy atom. The molecule has 2 saturated heterocycles. The number of rotatable bonds is 6. The van der Waals surface area contributed by atoms with Crippen molar-refractivity contribution in [2.45, 2.75) is 41.8 Å². The summed E-state index contributed by atoms with van der Waals surface area (Å²) < 4.78 is 73.8. The molecule has 0 radical (unpaired) electrons. The number of hydrogen-bond acceptors (Lipinski definition) is 9. The van der Waals surface area contributed by atoms with Crippen molar-refractivity contribution in [1.82, 2.24) is 19.8 Å². The minimum atomic E-state index is -4.80.